The Bertz CT molecular complexity index is 649. The summed E-state index contributed by atoms with van der Waals surface area (Å²) in [6.07, 6.45) is 0.977. The van der Waals surface area contributed by atoms with Crippen LogP contribution in [0.4, 0.5) is 9.18 Å². The quantitative estimate of drug-likeness (QED) is 0.817. The lowest BCUT2D eigenvalue weighted by Gasteiger charge is -2.18. The Morgan fingerprint density at radius 2 is 2.21 bits per heavy atom. The van der Waals surface area contributed by atoms with E-state index in [0.29, 0.717) is 24.9 Å². The normalized spacial score (nSPS) is 15.2. The average Bonchev–Trinajstić information content (AvgIpc) is 2.97. The number of halogens is 1. The zero-order valence-electron chi connectivity index (χ0n) is 13.3. The van der Waals surface area contributed by atoms with Gasteiger partial charge in [-0.2, -0.15) is 0 Å². The number of ether oxygens (including phenoxy) is 1. The number of hydrogen-bond donors (Lipinski definition) is 2. The van der Waals surface area contributed by atoms with Crippen molar-refractivity contribution in [2.75, 3.05) is 20.2 Å². The van der Waals surface area contributed by atoms with Crippen molar-refractivity contribution in [2.24, 2.45) is 5.92 Å². The molecule has 0 spiro atoms. The number of carboxylic acid groups (broad SMARTS) is 1. The second-order valence-electron chi connectivity index (χ2n) is 5.54. The highest BCUT2D eigenvalue weighted by molar-refractivity contribution is 5.95. The zero-order valence-corrected chi connectivity index (χ0v) is 13.3. The summed E-state index contributed by atoms with van der Waals surface area (Å²) >= 11 is 0. The molecule has 1 heterocycles. The van der Waals surface area contributed by atoms with Crippen molar-refractivity contribution >= 4 is 17.9 Å². The number of urea groups is 1. The van der Waals surface area contributed by atoms with Crippen molar-refractivity contribution in [1.29, 1.82) is 0 Å². The molecular weight excluding hydrogens is 319 g/mol. The Kier molecular flexibility index (Phi) is 5.73. The van der Waals surface area contributed by atoms with Gasteiger partial charge in [0.05, 0.1) is 13.0 Å². The fraction of sp³-hybridized carbons (Fsp3) is 0.438. The molecule has 0 radical (unpaired) electrons. The van der Waals surface area contributed by atoms with E-state index >= 15 is 0 Å². The van der Waals surface area contributed by atoms with Gasteiger partial charge in [0.25, 0.3) is 0 Å². The zero-order chi connectivity index (χ0) is 17.7. The van der Waals surface area contributed by atoms with Crippen LogP contribution in [0, 0.1) is 11.7 Å². The van der Waals surface area contributed by atoms with E-state index < -0.39 is 23.7 Å². The van der Waals surface area contributed by atoms with Crippen LogP contribution in [-0.2, 0) is 16.0 Å². The van der Waals surface area contributed by atoms with Crippen LogP contribution >= 0.6 is 0 Å². The fourth-order valence-electron chi connectivity index (χ4n) is 2.54. The number of nitrogens with zero attached hydrogens (tertiary/aromatic N) is 1. The number of carbonyl (C=O) groups excluding carboxylic acids is 2. The van der Waals surface area contributed by atoms with Gasteiger partial charge in [-0.25, -0.2) is 9.18 Å². The number of aliphatic carboxylic acids is 1. The second-order valence-corrected chi connectivity index (χ2v) is 5.54. The molecule has 2 rings (SSSR count). The van der Waals surface area contributed by atoms with E-state index in [4.69, 9.17) is 4.74 Å². The summed E-state index contributed by atoms with van der Waals surface area (Å²) in [5, 5.41) is 11.7. The summed E-state index contributed by atoms with van der Waals surface area (Å²) < 4.78 is 18.5. The van der Waals surface area contributed by atoms with Gasteiger partial charge in [0.15, 0.2) is 11.6 Å². The third-order valence-corrected chi connectivity index (χ3v) is 3.87. The molecule has 1 aliphatic heterocycles. The minimum absolute atomic E-state index is 0.0461. The third kappa shape index (κ3) is 4.21. The molecular formula is C16H19FN2O5. The van der Waals surface area contributed by atoms with E-state index in [0.717, 1.165) is 4.90 Å². The molecule has 24 heavy (non-hydrogen) atoms. The van der Waals surface area contributed by atoms with Crippen LogP contribution in [0.1, 0.15) is 18.4 Å². The Labute approximate surface area is 138 Å². The van der Waals surface area contributed by atoms with Crippen molar-refractivity contribution < 1.29 is 28.6 Å². The molecule has 1 unspecified atom stereocenters. The molecule has 8 heteroatoms. The molecule has 2 N–H and O–H groups in total. The first-order chi connectivity index (χ1) is 11.4. The molecule has 7 nitrogen and oxygen atoms in total. The minimum Gasteiger partial charge on any atom is -0.494 e. The lowest BCUT2D eigenvalue weighted by molar-refractivity contribution is -0.141. The van der Waals surface area contributed by atoms with Crippen molar-refractivity contribution in [2.45, 2.75) is 19.3 Å². The number of methoxy groups -OCH3 is 1. The maximum absolute atomic E-state index is 13.7. The SMILES string of the molecule is COc1ccc(CC(CNC(=O)N2CCCC2=O)C(=O)O)cc1F. The van der Waals surface area contributed by atoms with Crippen LogP contribution in [0.25, 0.3) is 0 Å². The highest BCUT2D eigenvalue weighted by Gasteiger charge is 2.27. The number of amides is 3. The van der Waals surface area contributed by atoms with E-state index in [-0.39, 0.29) is 24.6 Å². The van der Waals surface area contributed by atoms with Crippen LogP contribution in [0.3, 0.4) is 0 Å². The summed E-state index contributed by atoms with van der Waals surface area (Å²) in [5.41, 5.74) is 0.479. The maximum atomic E-state index is 13.7. The first kappa shape index (κ1) is 17.7. The van der Waals surface area contributed by atoms with Crippen molar-refractivity contribution in [3.63, 3.8) is 0 Å². The van der Waals surface area contributed by atoms with E-state index in [2.05, 4.69) is 5.32 Å². The van der Waals surface area contributed by atoms with Gasteiger partial charge in [0.2, 0.25) is 5.91 Å². The molecule has 0 aliphatic carbocycles. The van der Waals surface area contributed by atoms with Gasteiger partial charge in [0.1, 0.15) is 0 Å². The molecule has 3 amide bonds. The fourth-order valence-corrected chi connectivity index (χ4v) is 2.54. The number of likely N-dealkylation sites (tertiary alicyclic amines) is 1. The summed E-state index contributed by atoms with van der Waals surface area (Å²) in [6.45, 7) is 0.192. The Morgan fingerprint density at radius 3 is 2.75 bits per heavy atom. The Hall–Kier alpha value is -2.64. The summed E-state index contributed by atoms with van der Waals surface area (Å²) in [5.74, 6) is -2.81. The second kappa shape index (κ2) is 7.76. The van der Waals surface area contributed by atoms with E-state index in [1.54, 1.807) is 6.07 Å². The number of hydrogen-bond acceptors (Lipinski definition) is 4. The summed E-state index contributed by atoms with van der Waals surface area (Å²) in [6, 6.07) is 3.61. The number of imide groups is 1. The summed E-state index contributed by atoms with van der Waals surface area (Å²) in [7, 11) is 1.34. The van der Waals surface area contributed by atoms with E-state index in [1.807, 2.05) is 0 Å². The van der Waals surface area contributed by atoms with Gasteiger partial charge in [-0.3, -0.25) is 14.5 Å². The molecule has 0 saturated carbocycles. The van der Waals surface area contributed by atoms with E-state index in [1.165, 1.54) is 19.2 Å². The third-order valence-electron chi connectivity index (χ3n) is 3.87. The number of carboxylic acids is 1. The highest BCUT2D eigenvalue weighted by atomic mass is 19.1. The molecule has 1 atom stereocenters. The molecule has 1 aromatic rings. The predicted octanol–water partition coefficient (Wildman–Crippen LogP) is 1.41. The summed E-state index contributed by atoms with van der Waals surface area (Å²) in [4.78, 5) is 35.8. The molecule has 1 aliphatic rings. The Morgan fingerprint density at radius 1 is 1.46 bits per heavy atom. The first-order valence-electron chi connectivity index (χ1n) is 7.55. The molecule has 1 aromatic carbocycles. The van der Waals surface area contributed by atoms with Crippen molar-refractivity contribution in [3.8, 4) is 5.75 Å². The van der Waals surface area contributed by atoms with Crippen LogP contribution in [-0.4, -0.2) is 48.1 Å². The van der Waals surface area contributed by atoms with Gasteiger partial charge in [-0.05, 0) is 30.5 Å². The first-order valence-corrected chi connectivity index (χ1v) is 7.55. The van der Waals surface area contributed by atoms with Gasteiger partial charge in [-0.15, -0.1) is 0 Å². The molecule has 1 fully saturated rings. The van der Waals surface area contributed by atoms with Crippen LogP contribution in [0.15, 0.2) is 18.2 Å². The lowest BCUT2D eigenvalue weighted by atomic mass is 9.99. The average molecular weight is 338 g/mol. The number of benzene rings is 1. The molecule has 1 saturated heterocycles. The smallest absolute Gasteiger partial charge is 0.324 e. The molecule has 0 bridgehead atoms. The van der Waals surface area contributed by atoms with Gasteiger partial charge < -0.3 is 15.2 Å². The van der Waals surface area contributed by atoms with Crippen LogP contribution in [0.5, 0.6) is 5.75 Å². The Balaban J connectivity index is 1.97. The topological polar surface area (TPSA) is 95.9 Å². The van der Waals surface area contributed by atoms with Crippen LogP contribution < -0.4 is 10.1 Å². The van der Waals surface area contributed by atoms with Crippen molar-refractivity contribution in [3.05, 3.63) is 29.6 Å². The molecule has 130 valence electrons. The number of rotatable bonds is 6. The highest BCUT2D eigenvalue weighted by Crippen LogP contribution is 2.20. The number of carbonyl (C=O) groups is 3. The maximum Gasteiger partial charge on any atom is 0.324 e. The van der Waals surface area contributed by atoms with Gasteiger partial charge in [-0.1, -0.05) is 6.07 Å². The van der Waals surface area contributed by atoms with E-state index in [9.17, 15) is 23.9 Å². The largest absolute Gasteiger partial charge is 0.494 e. The van der Waals surface area contributed by atoms with Gasteiger partial charge in [0, 0.05) is 19.5 Å². The monoisotopic (exact) mass is 338 g/mol. The minimum atomic E-state index is -1.11. The standard InChI is InChI=1S/C16H19FN2O5/c1-24-13-5-4-10(8-12(13)17)7-11(15(21)22)9-18-16(23)19-6-2-3-14(19)20/h4-5,8,11H,2-3,6-7,9H2,1H3,(H,18,23)(H,21,22). The van der Waals surface area contributed by atoms with Gasteiger partial charge >= 0.3 is 12.0 Å². The van der Waals surface area contributed by atoms with Crippen molar-refractivity contribution in [1.82, 2.24) is 10.2 Å². The molecule has 0 aromatic heterocycles. The number of nitrogens with one attached hydrogen (secondary N) is 1. The predicted molar refractivity (Wildman–Crippen MR) is 82.1 cm³/mol. The van der Waals surface area contributed by atoms with Crippen LogP contribution in [0.2, 0.25) is 0 Å². The lowest BCUT2D eigenvalue weighted by Crippen LogP contribution is -2.43.